The Morgan fingerprint density at radius 1 is 1.12 bits per heavy atom. The third kappa shape index (κ3) is 4.83. The van der Waals surface area contributed by atoms with E-state index < -0.39 is 18.0 Å². The van der Waals surface area contributed by atoms with Gasteiger partial charge in [-0.3, -0.25) is 4.99 Å². The number of hydrogen-bond donors (Lipinski definition) is 1. The summed E-state index contributed by atoms with van der Waals surface area (Å²) in [6.45, 7) is 1.44. The highest BCUT2D eigenvalue weighted by Crippen LogP contribution is 2.28. The molecule has 7 nitrogen and oxygen atoms in total. The van der Waals surface area contributed by atoms with E-state index in [2.05, 4.69) is 9.73 Å². The highest BCUT2D eigenvalue weighted by Gasteiger charge is 2.15. The van der Waals surface area contributed by atoms with Gasteiger partial charge in [0.1, 0.15) is 0 Å². The number of aliphatic carboxylic acids is 1. The van der Waals surface area contributed by atoms with E-state index in [1.807, 2.05) is 0 Å². The molecular weight excluding hydrogens is 338 g/mol. The predicted octanol–water partition coefficient (Wildman–Crippen LogP) is 3.08. The summed E-state index contributed by atoms with van der Waals surface area (Å²) >= 11 is 0. The normalized spacial score (nSPS) is 11.8. The van der Waals surface area contributed by atoms with Crippen LogP contribution in [0.1, 0.15) is 22.8 Å². The van der Waals surface area contributed by atoms with Crippen molar-refractivity contribution in [3.8, 4) is 11.5 Å². The Morgan fingerprint density at radius 2 is 1.88 bits per heavy atom. The molecule has 0 spiro atoms. The lowest BCUT2D eigenvalue weighted by Gasteiger charge is -2.14. The Balaban J connectivity index is 2.20. The zero-order valence-electron chi connectivity index (χ0n) is 14.6. The van der Waals surface area contributed by atoms with E-state index in [1.54, 1.807) is 48.7 Å². The van der Waals surface area contributed by atoms with Crippen LogP contribution >= 0.6 is 0 Å². The Kier molecular flexibility index (Phi) is 6.32. The molecule has 0 bridgehead atoms. The standard InChI is InChI=1S/C19H19NO6/c1-12(18(21)22)26-16-8-7-13(9-17(16)24-2)11-20-15-6-4-5-14(10-15)19(23)25-3/h4-12H,1-3H3,(H,21,22)/t12-/m1/s1. The fourth-order valence-corrected chi connectivity index (χ4v) is 2.08. The average molecular weight is 357 g/mol. The maximum absolute atomic E-state index is 11.6. The molecule has 2 aromatic carbocycles. The molecule has 0 unspecified atom stereocenters. The van der Waals surface area contributed by atoms with Crippen molar-refractivity contribution in [1.29, 1.82) is 0 Å². The van der Waals surface area contributed by atoms with E-state index in [4.69, 9.17) is 14.6 Å². The number of aliphatic imine (C=N–C) groups is 1. The first-order valence-electron chi connectivity index (χ1n) is 7.74. The van der Waals surface area contributed by atoms with E-state index in [0.717, 1.165) is 5.56 Å². The minimum absolute atomic E-state index is 0.326. The third-order valence-corrected chi connectivity index (χ3v) is 3.47. The van der Waals surface area contributed by atoms with Crippen LogP contribution in [0.4, 0.5) is 5.69 Å². The molecule has 7 heteroatoms. The number of rotatable bonds is 7. The highest BCUT2D eigenvalue weighted by atomic mass is 16.5. The molecular formula is C19H19NO6. The van der Waals surface area contributed by atoms with Crippen molar-refractivity contribution >= 4 is 23.8 Å². The van der Waals surface area contributed by atoms with Gasteiger partial charge in [0.25, 0.3) is 0 Å². The largest absolute Gasteiger partial charge is 0.493 e. The maximum atomic E-state index is 11.6. The van der Waals surface area contributed by atoms with Crippen LogP contribution in [-0.4, -0.2) is 43.6 Å². The van der Waals surface area contributed by atoms with Gasteiger partial charge in [-0.15, -0.1) is 0 Å². The van der Waals surface area contributed by atoms with Gasteiger partial charge < -0.3 is 19.3 Å². The van der Waals surface area contributed by atoms with Crippen LogP contribution in [0.2, 0.25) is 0 Å². The zero-order valence-corrected chi connectivity index (χ0v) is 14.6. The van der Waals surface area contributed by atoms with Crippen molar-refractivity contribution in [3.63, 3.8) is 0 Å². The third-order valence-electron chi connectivity index (χ3n) is 3.47. The summed E-state index contributed by atoms with van der Waals surface area (Å²) in [5.41, 5.74) is 1.72. The molecule has 0 heterocycles. The molecule has 2 rings (SSSR count). The molecule has 0 saturated heterocycles. The minimum atomic E-state index is -1.07. The quantitative estimate of drug-likeness (QED) is 0.604. The van der Waals surface area contributed by atoms with Crippen molar-refractivity contribution in [3.05, 3.63) is 53.6 Å². The van der Waals surface area contributed by atoms with Crippen molar-refractivity contribution in [2.45, 2.75) is 13.0 Å². The van der Waals surface area contributed by atoms with Crippen LogP contribution in [-0.2, 0) is 9.53 Å². The highest BCUT2D eigenvalue weighted by molar-refractivity contribution is 5.91. The molecule has 136 valence electrons. The summed E-state index contributed by atoms with van der Waals surface area (Å²) in [6.07, 6.45) is 0.605. The van der Waals surface area contributed by atoms with Crippen molar-refractivity contribution in [2.75, 3.05) is 14.2 Å². The van der Waals surface area contributed by atoms with Crippen molar-refractivity contribution in [1.82, 2.24) is 0 Å². The summed E-state index contributed by atoms with van der Waals surface area (Å²) < 4.78 is 15.3. The van der Waals surface area contributed by atoms with Crippen LogP contribution in [0.25, 0.3) is 0 Å². The van der Waals surface area contributed by atoms with E-state index in [-0.39, 0.29) is 0 Å². The second-order valence-electron chi connectivity index (χ2n) is 5.31. The SMILES string of the molecule is COC(=O)c1cccc(N=Cc2ccc(O[C@H](C)C(=O)O)c(OC)c2)c1. The van der Waals surface area contributed by atoms with Gasteiger partial charge in [0, 0.05) is 6.21 Å². The zero-order chi connectivity index (χ0) is 19.1. The number of carboxylic acid groups (broad SMARTS) is 1. The lowest BCUT2D eigenvalue weighted by molar-refractivity contribution is -0.144. The fourth-order valence-electron chi connectivity index (χ4n) is 2.08. The summed E-state index contributed by atoms with van der Waals surface area (Å²) in [6, 6.07) is 11.7. The molecule has 2 aromatic rings. The Morgan fingerprint density at radius 3 is 2.54 bits per heavy atom. The number of carbonyl (C=O) groups excluding carboxylic acids is 1. The first-order valence-corrected chi connectivity index (χ1v) is 7.74. The van der Waals surface area contributed by atoms with Crippen LogP contribution in [0.5, 0.6) is 11.5 Å². The molecule has 0 fully saturated rings. The maximum Gasteiger partial charge on any atom is 0.344 e. The predicted molar refractivity (Wildman–Crippen MR) is 95.8 cm³/mol. The van der Waals surface area contributed by atoms with E-state index >= 15 is 0 Å². The number of hydrogen-bond acceptors (Lipinski definition) is 6. The van der Waals surface area contributed by atoms with E-state index in [0.29, 0.717) is 22.7 Å². The van der Waals surface area contributed by atoms with Gasteiger partial charge in [0.05, 0.1) is 25.5 Å². The first kappa shape index (κ1) is 19.0. The van der Waals surface area contributed by atoms with Gasteiger partial charge in [0.2, 0.25) is 0 Å². The summed E-state index contributed by atoms with van der Waals surface area (Å²) in [5.74, 6) is -0.779. The number of methoxy groups -OCH3 is 2. The Hall–Kier alpha value is -3.35. The topological polar surface area (TPSA) is 94.4 Å². The molecule has 0 saturated carbocycles. The number of carbonyl (C=O) groups is 2. The Labute approximate surface area is 150 Å². The second kappa shape index (κ2) is 8.66. The van der Waals surface area contributed by atoms with Gasteiger partial charge in [-0.1, -0.05) is 6.07 Å². The van der Waals surface area contributed by atoms with Crippen LogP contribution in [0, 0.1) is 0 Å². The van der Waals surface area contributed by atoms with Crippen molar-refractivity contribution < 1.29 is 28.9 Å². The fraction of sp³-hybridized carbons (Fsp3) is 0.211. The number of benzene rings is 2. The van der Waals surface area contributed by atoms with Gasteiger partial charge in [0.15, 0.2) is 17.6 Å². The van der Waals surface area contributed by atoms with Gasteiger partial charge in [-0.25, -0.2) is 9.59 Å². The monoisotopic (exact) mass is 357 g/mol. The van der Waals surface area contributed by atoms with Crippen LogP contribution < -0.4 is 9.47 Å². The van der Waals surface area contributed by atoms with E-state index in [9.17, 15) is 9.59 Å². The van der Waals surface area contributed by atoms with Gasteiger partial charge in [-0.2, -0.15) is 0 Å². The first-order chi connectivity index (χ1) is 12.4. The van der Waals surface area contributed by atoms with Gasteiger partial charge >= 0.3 is 11.9 Å². The molecule has 0 amide bonds. The summed E-state index contributed by atoms with van der Waals surface area (Å²) in [4.78, 5) is 26.8. The molecule has 26 heavy (non-hydrogen) atoms. The molecule has 0 aliphatic rings. The summed E-state index contributed by atoms with van der Waals surface area (Å²) in [7, 11) is 2.79. The number of nitrogens with zero attached hydrogens (tertiary/aromatic N) is 1. The second-order valence-corrected chi connectivity index (χ2v) is 5.31. The van der Waals surface area contributed by atoms with Crippen LogP contribution in [0.3, 0.4) is 0 Å². The Bertz CT molecular complexity index is 831. The lowest BCUT2D eigenvalue weighted by atomic mass is 10.2. The van der Waals surface area contributed by atoms with Crippen LogP contribution in [0.15, 0.2) is 47.5 Å². The number of esters is 1. The van der Waals surface area contributed by atoms with Crippen molar-refractivity contribution in [2.24, 2.45) is 4.99 Å². The molecule has 0 aromatic heterocycles. The molecule has 1 atom stereocenters. The van der Waals surface area contributed by atoms with E-state index in [1.165, 1.54) is 21.1 Å². The summed E-state index contributed by atoms with van der Waals surface area (Å²) in [5, 5.41) is 8.93. The molecule has 0 aliphatic heterocycles. The molecule has 1 N–H and O–H groups in total. The lowest BCUT2D eigenvalue weighted by Crippen LogP contribution is -2.23. The minimum Gasteiger partial charge on any atom is -0.493 e. The van der Waals surface area contributed by atoms with Gasteiger partial charge in [-0.05, 0) is 48.9 Å². The number of ether oxygens (including phenoxy) is 3. The molecule has 0 aliphatic carbocycles. The molecule has 0 radical (unpaired) electrons. The average Bonchev–Trinajstić information content (AvgIpc) is 2.66. The number of carboxylic acids is 1. The smallest absolute Gasteiger partial charge is 0.344 e.